The van der Waals surface area contributed by atoms with Gasteiger partial charge in [-0.1, -0.05) is 0 Å². The molecule has 0 saturated heterocycles. The summed E-state index contributed by atoms with van der Waals surface area (Å²) >= 11 is 0. The van der Waals surface area contributed by atoms with Crippen molar-refractivity contribution in [2.75, 3.05) is 27.9 Å². The predicted molar refractivity (Wildman–Crippen MR) is 73.5 cm³/mol. The van der Waals surface area contributed by atoms with Gasteiger partial charge in [-0.15, -0.1) is 12.4 Å². The van der Waals surface area contributed by atoms with Crippen LogP contribution >= 0.6 is 12.4 Å². The lowest BCUT2D eigenvalue weighted by Crippen LogP contribution is -2.28. The van der Waals surface area contributed by atoms with Gasteiger partial charge in [-0.05, 0) is 31.5 Å². The molecule has 5 heteroatoms. The quantitative estimate of drug-likeness (QED) is 0.918. The number of hydrogen-bond acceptors (Lipinski definition) is 4. The van der Waals surface area contributed by atoms with Crippen LogP contribution in [0.15, 0.2) is 6.07 Å². The predicted octanol–water partition coefficient (Wildman–Crippen LogP) is 2.34. The number of benzene rings is 1. The van der Waals surface area contributed by atoms with Crippen LogP contribution in [0.25, 0.3) is 0 Å². The molecule has 1 aromatic rings. The lowest BCUT2D eigenvalue weighted by Gasteiger charge is -2.28. The average Bonchev–Trinajstić information content (AvgIpc) is 2.36. The fourth-order valence-corrected chi connectivity index (χ4v) is 2.44. The molecule has 1 unspecified atom stereocenters. The molecule has 1 heterocycles. The van der Waals surface area contributed by atoms with Crippen molar-refractivity contribution >= 4 is 12.4 Å². The highest BCUT2D eigenvalue weighted by atomic mass is 35.5. The third-order valence-corrected chi connectivity index (χ3v) is 3.23. The van der Waals surface area contributed by atoms with Crippen molar-refractivity contribution in [3.63, 3.8) is 0 Å². The molecule has 0 amide bonds. The van der Waals surface area contributed by atoms with E-state index in [-0.39, 0.29) is 18.4 Å². The van der Waals surface area contributed by atoms with E-state index in [1.807, 2.05) is 6.07 Å². The second kappa shape index (κ2) is 6.16. The standard InChI is InChI=1S/C13H19NO3.ClH/c1-8-11-9(5-6-14-8)7-10(15-2)12(16-3)13(11)17-4;/h7-8,14H,5-6H2,1-4H3;1H. The average molecular weight is 274 g/mol. The molecule has 1 aliphatic heterocycles. The molecule has 102 valence electrons. The lowest BCUT2D eigenvalue weighted by atomic mass is 9.93. The first-order chi connectivity index (χ1) is 8.22. The maximum Gasteiger partial charge on any atom is 0.203 e. The van der Waals surface area contributed by atoms with Gasteiger partial charge in [0, 0.05) is 11.6 Å². The number of rotatable bonds is 3. The fraction of sp³-hybridized carbons (Fsp3) is 0.538. The minimum Gasteiger partial charge on any atom is -0.493 e. The van der Waals surface area contributed by atoms with Gasteiger partial charge >= 0.3 is 0 Å². The summed E-state index contributed by atoms with van der Waals surface area (Å²) in [7, 11) is 4.95. The smallest absolute Gasteiger partial charge is 0.203 e. The zero-order valence-electron chi connectivity index (χ0n) is 11.2. The Bertz CT molecular complexity index is 423. The molecule has 2 rings (SSSR count). The van der Waals surface area contributed by atoms with Crippen LogP contribution in [0.5, 0.6) is 17.2 Å². The molecule has 0 bridgehead atoms. The summed E-state index contributed by atoms with van der Waals surface area (Å²) in [5.74, 6) is 2.18. The van der Waals surface area contributed by atoms with E-state index in [9.17, 15) is 0 Å². The van der Waals surface area contributed by atoms with Gasteiger partial charge in [-0.3, -0.25) is 0 Å². The largest absolute Gasteiger partial charge is 0.493 e. The molecular weight excluding hydrogens is 254 g/mol. The normalized spacial score (nSPS) is 17.4. The Balaban J connectivity index is 0.00000162. The molecule has 18 heavy (non-hydrogen) atoms. The Morgan fingerprint density at radius 1 is 1.11 bits per heavy atom. The number of fused-ring (bicyclic) bond motifs is 1. The Hall–Kier alpha value is -1.13. The summed E-state index contributed by atoms with van der Waals surface area (Å²) in [6, 6.07) is 2.32. The Kier molecular flexibility index (Phi) is 5.11. The van der Waals surface area contributed by atoms with E-state index in [0.717, 1.165) is 24.5 Å². The van der Waals surface area contributed by atoms with E-state index in [2.05, 4.69) is 12.2 Å². The Morgan fingerprint density at radius 2 is 1.78 bits per heavy atom. The van der Waals surface area contributed by atoms with Crippen LogP contribution in [0, 0.1) is 0 Å². The Morgan fingerprint density at radius 3 is 2.33 bits per heavy atom. The van der Waals surface area contributed by atoms with Gasteiger partial charge in [0.2, 0.25) is 5.75 Å². The van der Waals surface area contributed by atoms with Crippen LogP contribution in [0.3, 0.4) is 0 Å². The molecule has 0 radical (unpaired) electrons. The molecule has 0 fully saturated rings. The molecule has 4 nitrogen and oxygen atoms in total. The molecule has 0 aliphatic carbocycles. The summed E-state index contributed by atoms with van der Waals surface area (Å²) in [5, 5.41) is 3.43. The maximum atomic E-state index is 5.50. The Labute approximate surface area is 114 Å². The number of nitrogens with one attached hydrogen (secondary N) is 1. The summed E-state index contributed by atoms with van der Waals surface area (Å²) in [6.45, 7) is 3.11. The molecule has 0 spiro atoms. The number of halogens is 1. The van der Waals surface area contributed by atoms with Gasteiger partial charge in [-0.25, -0.2) is 0 Å². The van der Waals surface area contributed by atoms with Crippen LogP contribution in [0.4, 0.5) is 0 Å². The highest BCUT2D eigenvalue weighted by Gasteiger charge is 2.26. The van der Waals surface area contributed by atoms with E-state index >= 15 is 0 Å². The lowest BCUT2D eigenvalue weighted by molar-refractivity contribution is 0.317. The van der Waals surface area contributed by atoms with Crippen LogP contribution in [0.2, 0.25) is 0 Å². The molecule has 1 atom stereocenters. The van der Waals surface area contributed by atoms with Crippen molar-refractivity contribution in [2.45, 2.75) is 19.4 Å². The van der Waals surface area contributed by atoms with Crippen LogP contribution in [-0.2, 0) is 6.42 Å². The SMILES string of the molecule is COc1cc2c(c(OC)c1OC)C(C)NCC2.Cl. The van der Waals surface area contributed by atoms with Gasteiger partial charge in [0.25, 0.3) is 0 Å². The number of methoxy groups -OCH3 is 3. The first-order valence-corrected chi connectivity index (χ1v) is 5.78. The minimum absolute atomic E-state index is 0. The van der Waals surface area contributed by atoms with E-state index in [0.29, 0.717) is 5.75 Å². The second-order valence-electron chi connectivity index (χ2n) is 4.14. The monoisotopic (exact) mass is 273 g/mol. The van der Waals surface area contributed by atoms with E-state index < -0.39 is 0 Å². The molecule has 0 saturated carbocycles. The number of ether oxygens (including phenoxy) is 3. The van der Waals surface area contributed by atoms with Gasteiger partial charge in [0.1, 0.15) is 0 Å². The van der Waals surface area contributed by atoms with Crippen molar-refractivity contribution < 1.29 is 14.2 Å². The van der Waals surface area contributed by atoms with Crippen molar-refractivity contribution in [3.8, 4) is 17.2 Å². The molecule has 1 aromatic carbocycles. The minimum atomic E-state index is 0. The van der Waals surface area contributed by atoms with Gasteiger partial charge < -0.3 is 19.5 Å². The summed E-state index contributed by atoms with van der Waals surface area (Å²) in [6.07, 6.45) is 0.983. The van der Waals surface area contributed by atoms with Crippen molar-refractivity contribution in [1.29, 1.82) is 0 Å². The van der Waals surface area contributed by atoms with E-state index in [1.165, 1.54) is 11.1 Å². The second-order valence-corrected chi connectivity index (χ2v) is 4.14. The van der Waals surface area contributed by atoms with Crippen molar-refractivity contribution in [3.05, 3.63) is 17.2 Å². The molecule has 1 aliphatic rings. The zero-order valence-corrected chi connectivity index (χ0v) is 12.0. The summed E-state index contributed by atoms with van der Waals surface area (Å²) in [5.41, 5.74) is 2.45. The van der Waals surface area contributed by atoms with Gasteiger partial charge in [-0.2, -0.15) is 0 Å². The summed E-state index contributed by atoms with van der Waals surface area (Å²) in [4.78, 5) is 0. The summed E-state index contributed by atoms with van der Waals surface area (Å²) < 4.78 is 16.3. The third kappa shape index (κ3) is 2.35. The zero-order chi connectivity index (χ0) is 12.4. The third-order valence-electron chi connectivity index (χ3n) is 3.23. The van der Waals surface area contributed by atoms with Gasteiger partial charge in [0.05, 0.1) is 21.3 Å². The number of hydrogen-bond donors (Lipinski definition) is 1. The van der Waals surface area contributed by atoms with E-state index in [4.69, 9.17) is 14.2 Å². The van der Waals surface area contributed by atoms with Crippen molar-refractivity contribution in [1.82, 2.24) is 5.32 Å². The highest BCUT2D eigenvalue weighted by Crippen LogP contribution is 2.45. The van der Waals surface area contributed by atoms with E-state index in [1.54, 1.807) is 21.3 Å². The fourth-order valence-electron chi connectivity index (χ4n) is 2.44. The van der Waals surface area contributed by atoms with Crippen LogP contribution < -0.4 is 19.5 Å². The molecular formula is C13H20ClNO3. The topological polar surface area (TPSA) is 39.7 Å². The maximum absolute atomic E-state index is 5.50. The first-order valence-electron chi connectivity index (χ1n) is 5.78. The first kappa shape index (κ1) is 14.9. The molecule has 1 N–H and O–H groups in total. The van der Waals surface area contributed by atoms with Gasteiger partial charge in [0.15, 0.2) is 11.5 Å². The van der Waals surface area contributed by atoms with Crippen LogP contribution in [0.1, 0.15) is 24.1 Å². The van der Waals surface area contributed by atoms with Crippen LogP contribution in [-0.4, -0.2) is 27.9 Å². The highest BCUT2D eigenvalue weighted by molar-refractivity contribution is 5.85. The van der Waals surface area contributed by atoms with Crippen molar-refractivity contribution in [2.24, 2.45) is 0 Å². The molecule has 0 aromatic heterocycles.